The van der Waals surface area contributed by atoms with E-state index in [2.05, 4.69) is 20.9 Å². The molecular weight excluding hydrogens is 614 g/mol. The number of aliphatic carboxylic acids is 2. The highest BCUT2D eigenvalue weighted by molar-refractivity contribution is 7.98. The molecular formula is C31H45N7O7S. The number of carbonyl (C=O) groups excluding carboxylic acids is 3. The van der Waals surface area contributed by atoms with Crippen LogP contribution in [-0.4, -0.2) is 88.6 Å². The zero-order valence-corrected chi connectivity index (χ0v) is 26.9. The number of aliphatic imine (C=N–C) groups is 1. The number of carboxylic acid groups (broad SMARTS) is 2. The average molecular weight is 660 g/mol. The van der Waals surface area contributed by atoms with Crippen LogP contribution in [0.25, 0.3) is 0 Å². The SMILES string of the molecule is CC(=O)O.CSCCC(NC(=O)C(N)Cc1ccccc1)C(=O)NC(CCCN=C(N)N)C(=O)NC(Cc1ccccc1)C(=O)O. The molecule has 0 saturated carbocycles. The van der Waals surface area contributed by atoms with Crippen molar-refractivity contribution in [1.29, 1.82) is 0 Å². The predicted molar refractivity (Wildman–Crippen MR) is 178 cm³/mol. The van der Waals surface area contributed by atoms with Crippen molar-refractivity contribution in [2.24, 2.45) is 22.2 Å². The molecule has 4 atom stereocenters. The molecule has 0 aromatic heterocycles. The topological polar surface area (TPSA) is 252 Å². The minimum absolute atomic E-state index is 0.0578. The van der Waals surface area contributed by atoms with E-state index in [-0.39, 0.29) is 31.8 Å². The maximum atomic E-state index is 13.4. The number of carbonyl (C=O) groups is 5. The Labute approximate surface area is 273 Å². The summed E-state index contributed by atoms with van der Waals surface area (Å²) in [5.74, 6) is -3.35. The lowest BCUT2D eigenvalue weighted by Gasteiger charge is -2.25. The van der Waals surface area contributed by atoms with Crippen LogP contribution in [0.4, 0.5) is 0 Å². The molecule has 2 aromatic rings. The van der Waals surface area contributed by atoms with Crippen LogP contribution in [0.15, 0.2) is 65.7 Å². The minimum atomic E-state index is -1.22. The molecule has 2 rings (SSSR count). The van der Waals surface area contributed by atoms with Gasteiger partial charge in [0.1, 0.15) is 18.1 Å². The summed E-state index contributed by atoms with van der Waals surface area (Å²) in [6, 6.07) is 14.0. The van der Waals surface area contributed by atoms with Gasteiger partial charge in [-0.1, -0.05) is 60.7 Å². The summed E-state index contributed by atoms with van der Waals surface area (Å²) in [6.45, 7) is 1.29. The standard InChI is InChI=1S/C29H41N7O5S.C2H4O2/c1-42-16-14-23(34-25(37)21(30)17-19-9-4-2-5-10-19)27(39)35-22(13-8-15-33-29(31)32)26(38)36-24(28(40)41)18-20-11-6-3-7-12-20;1-2(3)4/h2-7,9-12,21-24H,8,13-18,30H2,1H3,(H,34,37)(H,35,39)(H,36,38)(H,40,41)(H4,31,32,33);1H3,(H,3,4). The van der Waals surface area contributed by atoms with E-state index < -0.39 is 53.8 Å². The van der Waals surface area contributed by atoms with Gasteiger partial charge in [-0.05, 0) is 48.8 Å². The molecule has 11 N–H and O–H groups in total. The normalized spacial score (nSPS) is 12.9. The van der Waals surface area contributed by atoms with Gasteiger partial charge in [0, 0.05) is 19.9 Å². The van der Waals surface area contributed by atoms with Crippen molar-refractivity contribution in [3.8, 4) is 0 Å². The number of hydrogen-bond donors (Lipinski definition) is 8. The lowest BCUT2D eigenvalue weighted by molar-refractivity contribution is -0.142. The van der Waals surface area contributed by atoms with Crippen molar-refractivity contribution in [2.75, 3.05) is 18.6 Å². The number of carboxylic acids is 2. The highest BCUT2D eigenvalue weighted by Gasteiger charge is 2.30. The smallest absolute Gasteiger partial charge is 0.326 e. The van der Waals surface area contributed by atoms with Crippen LogP contribution < -0.4 is 33.2 Å². The van der Waals surface area contributed by atoms with E-state index in [1.54, 1.807) is 30.3 Å². The summed E-state index contributed by atoms with van der Waals surface area (Å²) in [5, 5.41) is 25.1. The summed E-state index contributed by atoms with van der Waals surface area (Å²) in [7, 11) is 0. The van der Waals surface area contributed by atoms with Gasteiger partial charge in [-0.15, -0.1) is 0 Å². The number of nitrogens with zero attached hydrogens (tertiary/aromatic N) is 1. The number of nitrogens with one attached hydrogen (secondary N) is 3. The maximum absolute atomic E-state index is 13.4. The quantitative estimate of drug-likeness (QED) is 0.0611. The molecule has 0 aliphatic carbocycles. The first-order chi connectivity index (χ1) is 21.8. The predicted octanol–water partition coefficient (Wildman–Crippen LogP) is 0.236. The first-order valence-corrected chi connectivity index (χ1v) is 15.9. The highest BCUT2D eigenvalue weighted by Crippen LogP contribution is 2.08. The third-order valence-corrected chi connectivity index (χ3v) is 7.00. The molecule has 0 fully saturated rings. The van der Waals surface area contributed by atoms with Crippen LogP contribution in [0.2, 0.25) is 0 Å². The Bertz CT molecular complexity index is 1270. The van der Waals surface area contributed by atoms with Crippen LogP contribution in [0.3, 0.4) is 0 Å². The lowest BCUT2D eigenvalue weighted by atomic mass is 10.0. The van der Waals surface area contributed by atoms with Gasteiger partial charge < -0.3 is 43.4 Å². The van der Waals surface area contributed by atoms with Gasteiger partial charge in [-0.3, -0.25) is 24.2 Å². The largest absolute Gasteiger partial charge is 0.481 e. The average Bonchev–Trinajstić information content (AvgIpc) is 3.00. The molecule has 15 heteroatoms. The second-order valence-electron chi connectivity index (χ2n) is 10.3. The van der Waals surface area contributed by atoms with E-state index in [1.807, 2.05) is 36.6 Å². The van der Waals surface area contributed by atoms with Crippen molar-refractivity contribution in [1.82, 2.24) is 16.0 Å². The summed E-state index contributed by atoms with van der Waals surface area (Å²) in [6.07, 6.45) is 2.97. The molecule has 4 unspecified atom stereocenters. The number of benzene rings is 2. The third kappa shape index (κ3) is 17.0. The van der Waals surface area contributed by atoms with Gasteiger partial charge in [-0.2, -0.15) is 11.8 Å². The molecule has 0 spiro atoms. The van der Waals surface area contributed by atoms with Crippen LogP contribution in [0.1, 0.15) is 37.3 Å². The van der Waals surface area contributed by atoms with Gasteiger partial charge in [0.05, 0.1) is 6.04 Å². The Morgan fingerprint density at radius 3 is 1.70 bits per heavy atom. The van der Waals surface area contributed by atoms with E-state index in [1.165, 1.54) is 11.8 Å². The molecule has 46 heavy (non-hydrogen) atoms. The van der Waals surface area contributed by atoms with Crippen molar-refractivity contribution in [3.05, 3.63) is 71.8 Å². The summed E-state index contributed by atoms with van der Waals surface area (Å²) in [4.78, 5) is 64.5. The number of amides is 3. The van der Waals surface area contributed by atoms with Crippen molar-refractivity contribution in [3.63, 3.8) is 0 Å². The lowest BCUT2D eigenvalue weighted by Crippen LogP contribution is -2.57. The number of guanidine groups is 1. The summed E-state index contributed by atoms with van der Waals surface area (Å²) >= 11 is 1.50. The molecule has 3 amide bonds. The number of nitrogens with two attached hydrogens (primary N) is 3. The Kier molecular flexibility index (Phi) is 18.8. The van der Waals surface area contributed by atoms with E-state index in [9.17, 15) is 24.3 Å². The molecule has 252 valence electrons. The number of rotatable bonds is 18. The molecule has 14 nitrogen and oxygen atoms in total. The maximum Gasteiger partial charge on any atom is 0.326 e. The van der Waals surface area contributed by atoms with Crippen LogP contribution >= 0.6 is 11.8 Å². The first kappa shape index (κ1) is 39.4. The third-order valence-electron chi connectivity index (χ3n) is 6.35. The van der Waals surface area contributed by atoms with Gasteiger partial charge in [-0.25, -0.2) is 4.79 Å². The van der Waals surface area contributed by atoms with Crippen molar-refractivity contribution in [2.45, 2.75) is 63.2 Å². The fourth-order valence-electron chi connectivity index (χ4n) is 4.11. The van der Waals surface area contributed by atoms with E-state index >= 15 is 0 Å². The van der Waals surface area contributed by atoms with E-state index in [0.29, 0.717) is 18.6 Å². The Morgan fingerprint density at radius 2 is 1.22 bits per heavy atom. The van der Waals surface area contributed by atoms with Crippen LogP contribution in [0, 0.1) is 0 Å². The van der Waals surface area contributed by atoms with Crippen LogP contribution in [-0.2, 0) is 36.8 Å². The van der Waals surface area contributed by atoms with Gasteiger partial charge in [0.25, 0.3) is 5.97 Å². The second kappa shape index (κ2) is 22.0. The number of thioether (sulfide) groups is 1. The monoisotopic (exact) mass is 659 g/mol. The zero-order chi connectivity index (χ0) is 34.5. The van der Waals surface area contributed by atoms with Gasteiger partial charge >= 0.3 is 5.97 Å². The molecule has 2 aromatic carbocycles. The summed E-state index contributed by atoms with van der Waals surface area (Å²) in [5.41, 5.74) is 18.5. The molecule has 0 saturated heterocycles. The Balaban J connectivity index is 0.00000249. The minimum Gasteiger partial charge on any atom is -0.481 e. The van der Waals surface area contributed by atoms with Crippen LogP contribution in [0.5, 0.6) is 0 Å². The Hall–Kier alpha value is -4.63. The van der Waals surface area contributed by atoms with Gasteiger partial charge in [0.15, 0.2) is 5.96 Å². The van der Waals surface area contributed by atoms with E-state index in [4.69, 9.17) is 27.1 Å². The highest BCUT2D eigenvalue weighted by atomic mass is 32.2. The molecule has 0 aliphatic rings. The number of hydrogen-bond acceptors (Lipinski definition) is 8. The molecule has 0 heterocycles. The van der Waals surface area contributed by atoms with Crippen molar-refractivity contribution < 1.29 is 34.2 Å². The fraction of sp³-hybridized carbons (Fsp3) is 0.419. The van der Waals surface area contributed by atoms with Gasteiger partial charge in [0.2, 0.25) is 17.7 Å². The Morgan fingerprint density at radius 1 is 0.761 bits per heavy atom. The molecule has 0 bridgehead atoms. The van der Waals surface area contributed by atoms with Crippen molar-refractivity contribution >= 4 is 47.4 Å². The fourth-order valence-corrected chi connectivity index (χ4v) is 4.58. The summed E-state index contributed by atoms with van der Waals surface area (Å²) < 4.78 is 0. The first-order valence-electron chi connectivity index (χ1n) is 14.5. The second-order valence-corrected chi connectivity index (χ2v) is 11.2. The zero-order valence-electron chi connectivity index (χ0n) is 26.1. The molecule has 0 radical (unpaired) electrons. The molecule has 0 aliphatic heterocycles. The van der Waals surface area contributed by atoms with E-state index in [0.717, 1.165) is 18.1 Å².